The fourth-order valence-corrected chi connectivity index (χ4v) is 1.49. The lowest BCUT2D eigenvalue weighted by Crippen LogP contribution is -1.99. The summed E-state index contributed by atoms with van der Waals surface area (Å²) in [5.41, 5.74) is 1.10. The molecule has 0 saturated carbocycles. The number of hydrogen-bond acceptors (Lipinski definition) is 4. The van der Waals surface area contributed by atoms with Gasteiger partial charge >= 0.3 is 0 Å². The van der Waals surface area contributed by atoms with E-state index in [4.69, 9.17) is 4.42 Å². The second-order valence-electron chi connectivity index (χ2n) is 3.10. The van der Waals surface area contributed by atoms with Gasteiger partial charge in [0.15, 0.2) is 5.43 Å². The molecule has 0 saturated heterocycles. The van der Waals surface area contributed by atoms with Crippen molar-refractivity contribution in [1.82, 2.24) is 0 Å². The summed E-state index contributed by atoms with van der Waals surface area (Å²) in [5, 5.41) is 2.81. The molecule has 0 aliphatic rings. The highest BCUT2D eigenvalue weighted by molar-refractivity contribution is 7.78. The number of thiocarbonyl (C=S) groups is 1. The molecular formula is C11H7NO2S. The Morgan fingerprint density at radius 2 is 2.20 bits per heavy atom. The molecule has 3 nitrogen and oxygen atoms in total. The second-order valence-corrected chi connectivity index (χ2v) is 3.29. The lowest BCUT2D eigenvalue weighted by atomic mass is 10.2. The van der Waals surface area contributed by atoms with Gasteiger partial charge in [-0.3, -0.25) is 4.79 Å². The first-order chi connectivity index (χ1) is 7.20. The molecule has 0 amide bonds. The van der Waals surface area contributed by atoms with Crippen molar-refractivity contribution < 1.29 is 4.42 Å². The molecule has 0 unspecified atom stereocenters. The van der Waals surface area contributed by atoms with Gasteiger partial charge in [0.05, 0.1) is 16.2 Å². The molecule has 0 fully saturated rings. The molecule has 0 aliphatic heterocycles. The summed E-state index contributed by atoms with van der Waals surface area (Å²) >= 11 is 4.50. The fourth-order valence-electron chi connectivity index (χ4n) is 1.39. The third kappa shape index (κ3) is 1.86. The van der Waals surface area contributed by atoms with Gasteiger partial charge in [0.2, 0.25) is 0 Å². The summed E-state index contributed by atoms with van der Waals surface area (Å²) in [4.78, 5) is 15.4. The summed E-state index contributed by atoms with van der Waals surface area (Å²) in [6, 6.07) is 6.51. The molecule has 0 N–H and O–H groups in total. The number of aryl methyl sites for hydroxylation is 1. The molecule has 0 bridgehead atoms. The summed E-state index contributed by atoms with van der Waals surface area (Å²) < 4.78 is 5.41. The second kappa shape index (κ2) is 3.77. The number of rotatable bonds is 1. The van der Waals surface area contributed by atoms with Gasteiger partial charge in [0, 0.05) is 12.1 Å². The van der Waals surface area contributed by atoms with Crippen LogP contribution in [0.15, 0.2) is 38.5 Å². The van der Waals surface area contributed by atoms with Gasteiger partial charge in [-0.25, -0.2) is 0 Å². The van der Waals surface area contributed by atoms with E-state index in [1.807, 2.05) is 0 Å². The largest absolute Gasteiger partial charge is 0.461 e. The number of isothiocyanates is 1. The minimum atomic E-state index is -0.0494. The molecule has 0 atom stereocenters. The van der Waals surface area contributed by atoms with Crippen LogP contribution in [0.2, 0.25) is 0 Å². The van der Waals surface area contributed by atoms with Crippen LogP contribution < -0.4 is 5.43 Å². The van der Waals surface area contributed by atoms with E-state index < -0.39 is 0 Å². The van der Waals surface area contributed by atoms with Gasteiger partial charge < -0.3 is 4.42 Å². The maximum Gasteiger partial charge on any atom is 0.192 e. The molecule has 2 rings (SSSR count). The molecule has 0 spiro atoms. The highest BCUT2D eigenvalue weighted by Crippen LogP contribution is 2.19. The summed E-state index contributed by atoms with van der Waals surface area (Å²) in [7, 11) is 0. The predicted molar refractivity (Wildman–Crippen MR) is 61.9 cm³/mol. The van der Waals surface area contributed by atoms with Gasteiger partial charge in [-0.2, -0.15) is 4.99 Å². The number of fused-ring (bicyclic) bond motifs is 1. The molecule has 1 aromatic carbocycles. The molecule has 1 heterocycles. The van der Waals surface area contributed by atoms with Crippen LogP contribution in [0.5, 0.6) is 0 Å². The zero-order valence-electron chi connectivity index (χ0n) is 7.98. The van der Waals surface area contributed by atoms with Crippen LogP contribution in [0.1, 0.15) is 5.76 Å². The topological polar surface area (TPSA) is 42.6 Å². The molecule has 1 aromatic heterocycles. The van der Waals surface area contributed by atoms with Crippen LogP contribution in [0.3, 0.4) is 0 Å². The quantitative estimate of drug-likeness (QED) is 0.545. The minimum absolute atomic E-state index is 0.0494. The van der Waals surface area contributed by atoms with Crippen molar-refractivity contribution in [3.63, 3.8) is 0 Å². The van der Waals surface area contributed by atoms with Gasteiger partial charge in [0.25, 0.3) is 0 Å². The lowest BCUT2D eigenvalue weighted by Gasteiger charge is -1.98. The molecular weight excluding hydrogens is 210 g/mol. The van der Waals surface area contributed by atoms with Gasteiger partial charge in [-0.05, 0) is 31.3 Å². The van der Waals surface area contributed by atoms with Crippen molar-refractivity contribution in [3.05, 3.63) is 40.2 Å². The Labute approximate surface area is 91.1 Å². The number of aliphatic imine (C=N–C) groups is 1. The van der Waals surface area contributed by atoms with E-state index in [0.717, 1.165) is 0 Å². The van der Waals surface area contributed by atoms with Crippen LogP contribution in [0.4, 0.5) is 5.69 Å². The van der Waals surface area contributed by atoms with Gasteiger partial charge in [-0.1, -0.05) is 0 Å². The molecule has 15 heavy (non-hydrogen) atoms. The molecule has 4 heteroatoms. The maximum atomic E-state index is 11.5. The fraction of sp³-hybridized carbons (Fsp3) is 0.0909. The Balaban J connectivity index is 2.82. The average molecular weight is 217 g/mol. The molecule has 0 radical (unpaired) electrons. The Hall–Kier alpha value is -1.77. The lowest BCUT2D eigenvalue weighted by molar-refractivity contribution is 0.565. The summed E-state index contributed by atoms with van der Waals surface area (Å²) in [6.45, 7) is 1.73. The first-order valence-corrected chi connectivity index (χ1v) is 4.74. The van der Waals surface area contributed by atoms with Crippen LogP contribution in [-0.4, -0.2) is 5.16 Å². The van der Waals surface area contributed by atoms with Gasteiger partial charge in [0.1, 0.15) is 11.3 Å². The number of hydrogen-bond donors (Lipinski definition) is 0. The van der Waals surface area contributed by atoms with Crippen molar-refractivity contribution in [2.24, 2.45) is 4.99 Å². The smallest absolute Gasteiger partial charge is 0.192 e. The average Bonchev–Trinajstić information content (AvgIpc) is 2.17. The van der Waals surface area contributed by atoms with E-state index in [-0.39, 0.29) is 5.43 Å². The Bertz CT molecular complexity index is 624. The summed E-state index contributed by atoms with van der Waals surface area (Å²) in [6.07, 6.45) is 0. The highest BCUT2D eigenvalue weighted by atomic mass is 32.1. The Morgan fingerprint density at radius 1 is 1.40 bits per heavy atom. The highest BCUT2D eigenvalue weighted by Gasteiger charge is 2.02. The Kier molecular flexibility index (Phi) is 2.46. The van der Waals surface area contributed by atoms with Crippen molar-refractivity contribution in [2.45, 2.75) is 6.92 Å². The maximum absolute atomic E-state index is 11.5. The van der Waals surface area contributed by atoms with Crippen LogP contribution in [0, 0.1) is 6.92 Å². The van der Waals surface area contributed by atoms with E-state index in [9.17, 15) is 4.79 Å². The number of benzene rings is 1. The first kappa shape index (κ1) is 9.77. The first-order valence-electron chi connectivity index (χ1n) is 4.33. The van der Waals surface area contributed by atoms with E-state index in [0.29, 0.717) is 22.4 Å². The van der Waals surface area contributed by atoms with Crippen molar-refractivity contribution >= 4 is 34.0 Å². The van der Waals surface area contributed by atoms with Crippen molar-refractivity contribution in [1.29, 1.82) is 0 Å². The van der Waals surface area contributed by atoms with E-state index in [1.165, 1.54) is 6.07 Å². The SMILES string of the molecule is Cc1cc(=O)c2ccc(N=C=S)cc2o1. The Morgan fingerprint density at radius 3 is 2.93 bits per heavy atom. The van der Waals surface area contributed by atoms with E-state index in [2.05, 4.69) is 22.4 Å². The molecule has 0 aliphatic carbocycles. The third-order valence-corrected chi connectivity index (χ3v) is 2.10. The molecule has 74 valence electrons. The van der Waals surface area contributed by atoms with Crippen LogP contribution in [-0.2, 0) is 0 Å². The van der Waals surface area contributed by atoms with E-state index in [1.54, 1.807) is 25.1 Å². The van der Waals surface area contributed by atoms with Gasteiger partial charge in [-0.15, -0.1) is 0 Å². The molecule has 2 aromatic rings. The van der Waals surface area contributed by atoms with Crippen molar-refractivity contribution in [3.8, 4) is 0 Å². The van der Waals surface area contributed by atoms with E-state index >= 15 is 0 Å². The standard InChI is InChI=1S/C11H7NO2S/c1-7-4-10(13)9-3-2-8(12-6-15)5-11(9)14-7/h2-5H,1H3. The third-order valence-electron chi connectivity index (χ3n) is 2.01. The monoisotopic (exact) mass is 217 g/mol. The van der Waals surface area contributed by atoms with Crippen LogP contribution >= 0.6 is 12.2 Å². The zero-order valence-corrected chi connectivity index (χ0v) is 8.80. The van der Waals surface area contributed by atoms with Crippen molar-refractivity contribution in [2.75, 3.05) is 0 Å². The van der Waals surface area contributed by atoms with Crippen LogP contribution in [0.25, 0.3) is 11.0 Å². The minimum Gasteiger partial charge on any atom is -0.461 e. The predicted octanol–water partition coefficient (Wildman–Crippen LogP) is 2.84. The summed E-state index contributed by atoms with van der Waals surface area (Å²) in [5.74, 6) is 0.580. The zero-order chi connectivity index (χ0) is 10.8. The normalized spacial score (nSPS) is 9.93. The number of nitrogens with zero attached hydrogens (tertiary/aromatic N) is 1.